The summed E-state index contributed by atoms with van der Waals surface area (Å²) in [6.07, 6.45) is 3.32. The summed E-state index contributed by atoms with van der Waals surface area (Å²) in [5, 5.41) is 10.2. The summed E-state index contributed by atoms with van der Waals surface area (Å²) in [6.45, 7) is 11.4. The van der Waals surface area contributed by atoms with Gasteiger partial charge < -0.3 is 24.0 Å². The maximum Gasteiger partial charge on any atom is 0.161 e. The molecule has 1 unspecified atom stereocenters. The number of ether oxygens (including phenoxy) is 2. The van der Waals surface area contributed by atoms with E-state index < -0.39 is 6.10 Å². The number of benzene rings is 1. The second kappa shape index (κ2) is 11.8. The third-order valence-electron chi connectivity index (χ3n) is 5.03. The van der Waals surface area contributed by atoms with Crippen LogP contribution in [-0.2, 0) is 19.6 Å². The van der Waals surface area contributed by atoms with Gasteiger partial charge in [-0.25, -0.2) is 4.98 Å². The van der Waals surface area contributed by atoms with Crippen LogP contribution in [-0.4, -0.2) is 71.0 Å². The third kappa shape index (κ3) is 7.03. The van der Waals surface area contributed by atoms with Crippen molar-refractivity contribution in [3.05, 3.63) is 42.0 Å². The molecule has 0 aliphatic heterocycles. The van der Waals surface area contributed by atoms with Crippen molar-refractivity contribution in [3.8, 4) is 11.5 Å². The lowest BCUT2D eigenvalue weighted by Gasteiger charge is -2.22. The summed E-state index contributed by atoms with van der Waals surface area (Å²) in [5.74, 6) is 2.39. The zero-order valence-corrected chi connectivity index (χ0v) is 18.5. The largest absolute Gasteiger partial charge is 0.493 e. The van der Waals surface area contributed by atoms with Gasteiger partial charge in [0.2, 0.25) is 0 Å². The molecule has 2 rings (SSSR count). The topological polar surface area (TPSA) is 63.0 Å². The fourth-order valence-electron chi connectivity index (χ4n) is 3.34. The van der Waals surface area contributed by atoms with Gasteiger partial charge in [-0.15, -0.1) is 0 Å². The van der Waals surface area contributed by atoms with Crippen LogP contribution in [0.5, 0.6) is 11.5 Å². The molecule has 1 aromatic carbocycles. The maximum absolute atomic E-state index is 10.2. The number of hydrogen-bond acceptors (Lipinski definition) is 6. The van der Waals surface area contributed by atoms with Gasteiger partial charge in [-0.2, -0.15) is 0 Å². The highest BCUT2D eigenvalue weighted by Crippen LogP contribution is 2.28. The van der Waals surface area contributed by atoms with Crippen LogP contribution < -0.4 is 9.47 Å². The Bertz CT molecular complexity index is 731. The molecule has 7 nitrogen and oxygen atoms in total. The van der Waals surface area contributed by atoms with E-state index in [-0.39, 0.29) is 6.61 Å². The molecule has 0 radical (unpaired) electrons. The first-order valence-corrected chi connectivity index (χ1v) is 10.4. The van der Waals surface area contributed by atoms with Gasteiger partial charge in [0.25, 0.3) is 0 Å². The minimum absolute atomic E-state index is 0.242. The van der Waals surface area contributed by atoms with Crippen molar-refractivity contribution in [3.63, 3.8) is 0 Å². The van der Waals surface area contributed by atoms with E-state index in [0.29, 0.717) is 18.0 Å². The van der Waals surface area contributed by atoms with Crippen LogP contribution in [0.25, 0.3) is 0 Å². The Morgan fingerprint density at radius 2 is 1.90 bits per heavy atom. The molecule has 0 saturated carbocycles. The Morgan fingerprint density at radius 1 is 1.14 bits per heavy atom. The summed E-state index contributed by atoms with van der Waals surface area (Å²) >= 11 is 0. The lowest BCUT2D eigenvalue weighted by molar-refractivity contribution is 0.0705. The zero-order chi connectivity index (χ0) is 21.2. The minimum atomic E-state index is -0.535. The van der Waals surface area contributed by atoms with Gasteiger partial charge in [-0.05, 0) is 44.8 Å². The van der Waals surface area contributed by atoms with Crippen LogP contribution in [0.4, 0.5) is 0 Å². The summed E-state index contributed by atoms with van der Waals surface area (Å²) < 4.78 is 13.5. The van der Waals surface area contributed by atoms with Crippen LogP contribution in [0, 0.1) is 0 Å². The molecule has 0 aliphatic carbocycles. The van der Waals surface area contributed by atoms with Crippen molar-refractivity contribution in [2.75, 3.05) is 40.4 Å². The molecule has 1 atom stereocenters. The second-order valence-electron chi connectivity index (χ2n) is 7.24. The van der Waals surface area contributed by atoms with E-state index in [0.717, 1.165) is 44.1 Å². The molecule has 0 saturated heterocycles. The van der Waals surface area contributed by atoms with E-state index in [2.05, 4.69) is 47.2 Å². The minimum Gasteiger partial charge on any atom is -0.493 e. The van der Waals surface area contributed by atoms with Gasteiger partial charge in [-0.1, -0.05) is 19.9 Å². The number of aromatic nitrogens is 2. The van der Waals surface area contributed by atoms with Gasteiger partial charge in [0.1, 0.15) is 18.5 Å². The second-order valence-corrected chi connectivity index (χ2v) is 7.24. The average molecular weight is 405 g/mol. The molecule has 1 aromatic heterocycles. The molecular weight excluding hydrogens is 368 g/mol. The number of aliphatic hydroxyl groups is 1. The maximum atomic E-state index is 10.2. The van der Waals surface area contributed by atoms with E-state index in [9.17, 15) is 5.11 Å². The molecule has 0 amide bonds. The molecule has 7 heteroatoms. The molecule has 1 N–H and O–H groups in total. The Morgan fingerprint density at radius 3 is 2.55 bits per heavy atom. The standard InChI is InChI=1S/C22H36N4O3/c1-6-25(7-2)15-19(27)17-29-20-10-9-18(13-21(20)28-5)14-24(4)16-22-23-11-12-26(22)8-3/h9-13,19,27H,6-8,14-17H2,1-5H3. The van der Waals surface area contributed by atoms with Crippen LogP contribution >= 0.6 is 0 Å². The first kappa shape index (κ1) is 23.2. The molecule has 0 fully saturated rings. The smallest absolute Gasteiger partial charge is 0.161 e. The monoisotopic (exact) mass is 404 g/mol. The van der Waals surface area contributed by atoms with Crippen LogP contribution in [0.3, 0.4) is 0 Å². The molecule has 2 aromatic rings. The average Bonchev–Trinajstić information content (AvgIpc) is 3.17. The van der Waals surface area contributed by atoms with Crippen molar-refractivity contribution in [2.45, 2.75) is 46.5 Å². The third-order valence-corrected chi connectivity index (χ3v) is 5.03. The SMILES string of the molecule is CCN(CC)CC(O)COc1ccc(CN(C)Cc2nccn2CC)cc1OC. The number of hydrogen-bond donors (Lipinski definition) is 1. The van der Waals surface area contributed by atoms with Gasteiger partial charge in [-0.3, -0.25) is 4.90 Å². The van der Waals surface area contributed by atoms with E-state index in [4.69, 9.17) is 9.47 Å². The van der Waals surface area contributed by atoms with Crippen LogP contribution in [0.2, 0.25) is 0 Å². The number of aliphatic hydroxyl groups excluding tert-OH is 1. The summed E-state index contributed by atoms with van der Waals surface area (Å²) in [5.41, 5.74) is 1.13. The number of likely N-dealkylation sites (N-methyl/N-ethyl adjacent to an activating group) is 1. The van der Waals surface area contributed by atoms with Crippen molar-refractivity contribution in [1.29, 1.82) is 0 Å². The van der Waals surface area contributed by atoms with Crippen molar-refractivity contribution in [1.82, 2.24) is 19.4 Å². The van der Waals surface area contributed by atoms with Gasteiger partial charge >= 0.3 is 0 Å². The summed E-state index contributed by atoms with van der Waals surface area (Å²) in [6, 6.07) is 5.95. The Labute approximate surface area is 174 Å². The van der Waals surface area contributed by atoms with E-state index in [1.165, 1.54) is 0 Å². The van der Waals surface area contributed by atoms with E-state index in [1.54, 1.807) is 7.11 Å². The molecule has 0 spiro atoms. The molecule has 0 aliphatic rings. The lowest BCUT2D eigenvalue weighted by Crippen LogP contribution is -2.35. The van der Waals surface area contributed by atoms with Gasteiger partial charge in [0.15, 0.2) is 11.5 Å². The predicted octanol–water partition coefficient (Wildman–Crippen LogP) is 2.63. The van der Waals surface area contributed by atoms with Crippen LogP contribution in [0.15, 0.2) is 30.6 Å². The number of rotatable bonds is 13. The van der Waals surface area contributed by atoms with Crippen molar-refractivity contribution < 1.29 is 14.6 Å². The number of nitrogens with zero attached hydrogens (tertiary/aromatic N) is 4. The fourth-order valence-corrected chi connectivity index (χ4v) is 3.34. The fraction of sp³-hybridized carbons (Fsp3) is 0.591. The highest BCUT2D eigenvalue weighted by atomic mass is 16.5. The molecule has 0 bridgehead atoms. The summed E-state index contributed by atoms with van der Waals surface area (Å²) in [7, 11) is 3.72. The molecule has 1 heterocycles. The Balaban J connectivity index is 1.93. The number of methoxy groups -OCH3 is 1. The highest BCUT2D eigenvalue weighted by molar-refractivity contribution is 5.43. The summed E-state index contributed by atoms with van der Waals surface area (Å²) in [4.78, 5) is 8.83. The molecule has 29 heavy (non-hydrogen) atoms. The zero-order valence-electron chi connectivity index (χ0n) is 18.5. The van der Waals surface area contributed by atoms with E-state index in [1.807, 2.05) is 30.6 Å². The van der Waals surface area contributed by atoms with E-state index >= 15 is 0 Å². The molecular formula is C22H36N4O3. The lowest BCUT2D eigenvalue weighted by atomic mass is 10.2. The molecule has 162 valence electrons. The van der Waals surface area contributed by atoms with Gasteiger partial charge in [0, 0.05) is 32.0 Å². The van der Waals surface area contributed by atoms with Crippen molar-refractivity contribution in [2.24, 2.45) is 0 Å². The first-order chi connectivity index (χ1) is 14.0. The van der Waals surface area contributed by atoms with Crippen molar-refractivity contribution >= 4 is 0 Å². The number of imidazole rings is 1. The normalized spacial score (nSPS) is 12.6. The quantitative estimate of drug-likeness (QED) is 0.554. The number of aryl methyl sites for hydroxylation is 1. The Hall–Kier alpha value is -2.09. The first-order valence-electron chi connectivity index (χ1n) is 10.4. The highest BCUT2D eigenvalue weighted by Gasteiger charge is 2.13. The van der Waals surface area contributed by atoms with Gasteiger partial charge in [0.05, 0.1) is 13.7 Å². The predicted molar refractivity (Wildman–Crippen MR) is 115 cm³/mol. The van der Waals surface area contributed by atoms with Crippen LogP contribution in [0.1, 0.15) is 32.2 Å². The Kier molecular flexibility index (Phi) is 9.44.